The molecule has 23 heavy (non-hydrogen) atoms. The standard InChI is InChI=1S/C18H36N2O2.ClH/c1-17(2,3)12-18(4,5)20-16(22)15(21)14(19)11-13-9-7-6-8-10-13;/h13-15,21H,6-12,19H2,1-5H3,(H,20,22);1H/t14-,15?;/m1./s1. The van der Waals surface area contributed by atoms with Crippen LogP contribution in [-0.2, 0) is 4.79 Å². The van der Waals surface area contributed by atoms with Crippen molar-refractivity contribution in [2.75, 3.05) is 0 Å². The summed E-state index contributed by atoms with van der Waals surface area (Å²) in [5.74, 6) is 0.228. The molecule has 5 heteroatoms. The van der Waals surface area contributed by atoms with Gasteiger partial charge in [-0.05, 0) is 38.0 Å². The molecule has 1 fully saturated rings. The molecule has 4 nitrogen and oxygen atoms in total. The number of rotatable bonds is 6. The number of carbonyl (C=O) groups excluding carboxylic acids is 1. The van der Waals surface area contributed by atoms with Crippen LogP contribution in [0.25, 0.3) is 0 Å². The maximum atomic E-state index is 12.3. The summed E-state index contributed by atoms with van der Waals surface area (Å²) in [5.41, 5.74) is 5.85. The van der Waals surface area contributed by atoms with Crippen molar-refractivity contribution in [3.63, 3.8) is 0 Å². The summed E-state index contributed by atoms with van der Waals surface area (Å²) in [7, 11) is 0. The molecule has 138 valence electrons. The molecule has 2 atom stereocenters. The fourth-order valence-corrected chi connectivity index (χ4v) is 3.91. The molecule has 1 saturated carbocycles. The van der Waals surface area contributed by atoms with Gasteiger partial charge in [-0.2, -0.15) is 0 Å². The van der Waals surface area contributed by atoms with E-state index in [0.717, 1.165) is 12.8 Å². The summed E-state index contributed by atoms with van der Waals surface area (Å²) in [6, 6.07) is -0.464. The molecule has 0 bridgehead atoms. The van der Waals surface area contributed by atoms with Crippen LogP contribution < -0.4 is 11.1 Å². The number of amides is 1. The highest BCUT2D eigenvalue weighted by molar-refractivity contribution is 5.85. The summed E-state index contributed by atoms with van der Waals surface area (Å²) in [6.45, 7) is 10.4. The highest BCUT2D eigenvalue weighted by Gasteiger charge is 2.32. The molecule has 1 amide bonds. The Hall–Kier alpha value is -0.320. The van der Waals surface area contributed by atoms with Crippen LogP contribution in [0.4, 0.5) is 0 Å². The first-order chi connectivity index (χ1) is 10.0. The summed E-state index contributed by atoms with van der Waals surface area (Å²) in [5, 5.41) is 13.2. The van der Waals surface area contributed by atoms with Gasteiger partial charge >= 0.3 is 0 Å². The molecule has 0 aromatic carbocycles. The van der Waals surface area contributed by atoms with Gasteiger partial charge in [0.15, 0.2) is 0 Å². The number of nitrogens with one attached hydrogen (secondary N) is 1. The highest BCUT2D eigenvalue weighted by atomic mass is 35.5. The van der Waals surface area contributed by atoms with Gasteiger partial charge in [0.25, 0.3) is 5.91 Å². The van der Waals surface area contributed by atoms with Crippen LogP contribution in [0.2, 0.25) is 0 Å². The zero-order chi connectivity index (χ0) is 17.0. The molecular weight excluding hydrogens is 312 g/mol. The lowest BCUT2D eigenvalue weighted by Crippen LogP contribution is -2.54. The number of halogens is 1. The minimum atomic E-state index is -1.11. The first-order valence-electron chi connectivity index (χ1n) is 8.76. The lowest BCUT2D eigenvalue weighted by Gasteiger charge is -2.35. The zero-order valence-corrected chi connectivity index (χ0v) is 16.3. The second kappa shape index (κ2) is 9.24. The average molecular weight is 349 g/mol. The van der Waals surface area contributed by atoms with Crippen molar-refractivity contribution >= 4 is 18.3 Å². The Balaban J connectivity index is 0.00000484. The second-order valence-corrected chi connectivity index (χ2v) is 8.96. The fraction of sp³-hybridized carbons (Fsp3) is 0.944. The van der Waals surface area contributed by atoms with Crippen LogP contribution in [0.3, 0.4) is 0 Å². The van der Waals surface area contributed by atoms with E-state index in [0.29, 0.717) is 5.92 Å². The van der Waals surface area contributed by atoms with Crippen LogP contribution in [-0.4, -0.2) is 28.7 Å². The van der Waals surface area contributed by atoms with Crippen molar-refractivity contribution in [2.45, 2.75) is 97.2 Å². The predicted molar refractivity (Wildman–Crippen MR) is 98.7 cm³/mol. The van der Waals surface area contributed by atoms with Gasteiger partial charge in [-0.25, -0.2) is 0 Å². The molecule has 0 radical (unpaired) electrons. The van der Waals surface area contributed by atoms with Gasteiger partial charge in [-0.3, -0.25) is 4.79 Å². The summed E-state index contributed by atoms with van der Waals surface area (Å²) in [6.07, 6.45) is 6.63. The van der Waals surface area contributed by atoms with Crippen LogP contribution in [0.15, 0.2) is 0 Å². The van der Waals surface area contributed by atoms with Crippen molar-refractivity contribution in [3.05, 3.63) is 0 Å². The molecule has 0 heterocycles. The van der Waals surface area contributed by atoms with Gasteiger partial charge in [0, 0.05) is 11.6 Å². The van der Waals surface area contributed by atoms with E-state index in [9.17, 15) is 9.90 Å². The SMILES string of the molecule is CC(C)(C)CC(C)(C)NC(=O)C(O)[C@H](N)CC1CCCCC1.Cl. The Morgan fingerprint density at radius 3 is 2.17 bits per heavy atom. The van der Waals surface area contributed by atoms with Crippen LogP contribution in [0.5, 0.6) is 0 Å². The minimum absolute atomic E-state index is 0. The minimum Gasteiger partial charge on any atom is -0.382 e. The van der Waals surface area contributed by atoms with E-state index < -0.39 is 12.1 Å². The van der Waals surface area contributed by atoms with E-state index in [1.807, 2.05) is 13.8 Å². The Bertz CT molecular complexity index is 361. The molecule has 0 aliphatic heterocycles. The fourth-order valence-electron chi connectivity index (χ4n) is 3.91. The topological polar surface area (TPSA) is 75.3 Å². The number of nitrogens with two attached hydrogens (primary N) is 1. The summed E-state index contributed by atoms with van der Waals surface area (Å²) < 4.78 is 0. The lowest BCUT2D eigenvalue weighted by molar-refractivity contribution is -0.132. The third-order valence-corrected chi connectivity index (χ3v) is 4.44. The molecule has 1 aliphatic rings. The van der Waals surface area contributed by atoms with Gasteiger partial charge < -0.3 is 16.2 Å². The Kier molecular flexibility index (Phi) is 9.11. The van der Waals surface area contributed by atoms with E-state index >= 15 is 0 Å². The Labute approximate surface area is 148 Å². The number of hydrogen-bond donors (Lipinski definition) is 3. The van der Waals surface area contributed by atoms with E-state index in [4.69, 9.17) is 5.73 Å². The molecule has 1 aliphatic carbocycles. The Morgan fingerprint density at radius 2 is 1.70 bits per heavy atom. The van der Waals surface area contributed by atoms with E-state index in [2.05, 4.69) is 26.1 Å². The third kappa shape index (κ3) is 8.92. The summed E-state index contributed by atoms with van der Waals surface area (Å²) in [4.78, 5) is 12.3. The first kappa shape index (κ1) is 22.7. The van der Waals surface area contributed by atoms with Crippen molar-refractivity contribution in [2.24, 2.45) is 17.1 Å². The molecule has 0 spiro atoms. The molecule has 1 rings (SSSR count). The molecule has 4 N–H and O–H groups in total. The van der Waals surface area contributed by atoms with Crippen molar-refractivity contribution in [1.82, 2.24) is 5.32 Å². The number of carbonyl (C=O) groups is 1. The quantitative estimate of drug-likeness (QED) is 0.688. The van der Waals surface area contributed by atoms with E-state index in [1.54, 1.807) is 0 Å². The molecule has 0 aromatic heterocycles. The number of hydrogen-bond acceptors (Lipinski definition) is 3. The maximum absolute atomic E-state index is 12.3. The largest absolute Gasteiger partial charge is 0.382 e. The monoisotopic (exact) mass is 348 g/mol. The van der Waals surface area contributed by atoms with Gasteiger partial charge in [0.1, 0.15) is 6.10 Å². The van der Waals surface area contributed by atoms with E-state index in [1.165, 1.54) is 32.1 Å². The van der Waals surface area contributed by atoms with Crippen LogP contribution in [0, 0.1) is 11.3 Å². The maximum Gasteiger partial charge on any atom is 0.250 e. The van der Waals surface area contributed by atoms with Gasteiger partial charge in [0.05, 0.1) is 0 Å². The normalized spacial score (nSPS) is 19.6. The van der Waals surface area contributed by atoms with Crippen molar-refractivity contribution in [3.8, 4) is 0 Å². The lowest BCUT2D eigenvalue weighted by atomic mass is 9.81. The molecule has 0 aromatic rings. The van der Waals surface area contributed by atoms with E-state index in [-0.39, 0.29) is 29.3 Å². The second-order valence-electron chi connectivity index (χ2n) is 8.96. The first-order valence-corrected chi connectivity index (χ1v) is 8.76. The molecular formula is C18H37ClN2O2. The third-order valence-electron chi connectivity index (χ3n) is 4.44. The van der Waals surface area contributed by atoms with Gasteiger partial charge in [-0.15, -0.1) is 12.4 Å². The van der Waals surface area contributed by atoms with Crippen molar-refractivity contribution in [1.29, 1.82) is 0 Å². The smallest absolute Gasteiger partial charge is 0.250 e. The molecule has 0 saturated heterocycles. The molecule has 1 unspecified atom stereocenters. The zero-order valence-electron chi connectivity index (χ0n) is 15.5. The highest BCUT2D eigenvalue weighted by Crippen LogP contribution is 2.28. The number of aliphatic hydroxyl groups excluding tert-OH is 1. The Morgan fingerprint density at radius 1 is 1.17 bits per heavy atom. The van der Waals surface area contributed by atoms with Gasteiger partial charge in [-0.1, -0.05) is 52.9 Å². The van der Waals surface area contributed by atoms with Crippen LogP contribution >= 0.6 is 12.4 Å². The average Bonchev–Trinajstić information content (AvgIpc) is 2.35. The predicted octanol–water partition coefficient (Wildman–Crippen LogP) is 3.40. The summed E-state index contributed by atoms with van der Waals surface area (Å²) >= 11 is 0. The van der Waals surface area contributed by atoms with Crippen LogP contribution in [0.1, 0.15) is 79.6 Å². The van der Waals surface area contributed by atoms with Gasteiger partial charge in [0.2, 0.25) is 0 Å². The van der Waals surface area contributed by atoms with Crippen molar-refractivity contribution < 1.29 is 9.90 Å². The number of aliphatic hydroxyl groups is 1.